The molecule has 0 aliphatic rings. The van der Waals surface area contributed by atoms with Gasteiger partial charge in [-0.15, -0.1) is 0 Å². The largest absolute Gasteiger partial charge is 0.431 e. The Bertz CT molecular complexity index is 709. The molecule has 0 amide bonds. The second kappa shape index (κ2) is 5.64. The lowest BCUT2D eigenvalue weighted by atomic mass is 10.1. The highest BCUT2D eigenvalue weighted by Gasteiger charge is 2.14. The molecule has 1 heterocycles. The molecule has 20 heavy (non-hydrogen) atoms. The maximum absolute atomic E-state index is 14.0. The van der Waals surface area contributed by atoms with Crippen molar-refractivity contribution in [1.29, 1.82) is 0 Å². The molecule has 2 N–H and O–H groups in total. The highest BCUT2D eigenvalue weighted by Crippen LogP contribution is 2.34. The van der Waals surface area contributed by atoms with Gasteiger partial charge in [0.25, 0.3) is 5.22 Å². The van der Waals surface area contributed by atoms with Gasteiger partial charge in [0.05, 0.1) is 4.90 Å². The van der Waals surface area contributed by atoms with Crippen molar-refractivity contribution in [3.63, 3.8) is 0 Å². The van der Waals surface area contributed by atoms with Gasteiger partial charge < -0.3 is 10.2 Å². The van der Waals surface area contributed by atoms with E-state index in [1.54, 1.807) is 6.07 Å². The average molecular weight is 288 g/mol. The Hall–Kier alpha value is -1.85. The van der Waals surface area contributed by atoms with Gasteiger partial charge in [-0.3, -0.25) is 0 Å². The van der Waals surface area contributed by atoms with E-state index in [2.05, 4.69) is 4.98 Å². The zero-order valence-corrected chi connectivity index (χ0v) is 11.5. The van der Waals surface area contributed by atoms with Crippen LogP contribution in [-0.4, -0.2) is 11.5 Å². The molecule has 0 radical (unpaired) electrons. The average Bonchev–Trinajstić information content (AvgIpc) is 2.85. The summed E-state index contributed by atoms with van der Waals surface area (Å²) in [7, 11) is 0. The number of para-hydroxylation sites is 2. The minimum Gasteiger partial charge on any atom is -0.431 e. The second-order valence-electron chi connectivity index (χ2n) is 4.32. The van der Waals surface area contributed by atoms with E-state index in [4.69, 9.17) is 10.2 Å². The lowest BCUT2D eigenvalue weighted by Gasteiger charge is -2.06. The van der Waals surface area contributed by atoms with E-state index in [-0.39, 0.29) is 5.82 Å². The van der Waals surface area contributed by atoms with E-state index < -0.39 is 0 Å². The van der Waals surface area contributed by atoms with Crippen molar-refractivity contribution in [2.45, 2.75) is 16.5 Å². The van der Waals surface area contributed by atoms with Crippen LogP contribution in [0.25, 0.3) is 11.1 Å². The van der Waals surface area contributed by atoms with Gasteiger partial charge in [0, 0.05) is 0 Å². The van der Waals surface area contributed by atoms with Crippen LogP contribution in [-0.2, 0) is 6.42 Å². The molecule has 102 valence electrons. The molecule has 0 atom stereocenters. The summed E-state index contributed by atoms with van der Waals surface area (Å²) in [6.45, 7) is 0.477. The van der Waals surface area contributed by atoms with Crippen LogP contribution in [0.2, 0.25) is 0 Å². The van der Waals surface area contributed by atoms with Crippen LogP contribution in [0.3, 0.4) is 0 Å². The number of hydrogen-bond acceptors (Lipinski definition) is 4. The Kier molecular flexibility index (Phi) is 3.71. The third kappa shape index (κ3) is 2.55. The van der Waals surface area contributed by atoms with Crippen LogP contribution in [0.4, 0.5) is 4.39 Å². The first-order chi connectivity index (χ1) is 9.78. The number of rotatable bonds is 4. The Labute approximate surface area is 120 Å². The summed E-state index contributed by atoms with van der Waals surface area (Å²) in [5, 5.41) is 0.439. The summed E-state index contributed by atoms with van der Waals surface area (Å²) < 4.78 is 19.6. The van der Waals surface area contributed by atoms with Gasteiger partial charge in [-0.25, -0.2) is 9.37 Å². The SMILES string of the molecule is NCCc1cccc(F)c1Sc1nc2ccccc2o1. The molecule has 3 rings (SSSR count). The number of nitrogens with zero attached hydrogens (tertiary/aromatic N) is 1. The predicted octanol–water partition coefficient (Wildman–Crippen LogP) is 3.62. The minimum absolute atomic E-state index is 0.275. The Morgan fingerprint density at radius 3 is 2.80 bits per heavy atom. The number of benzene rings is 2. The quantitative estimate of drug-likeness (QED) is 0.796. The smallest absolute Gasteiger partial charge is 0.261 e. The van der Waals surface area contributed by atoms with E-state index in [1.807, 2.05) is 30.3 Å². The highest BCUT2D eigenvalue weighted by atomic mass is 32.2. The third-order valence-corrected chi connectivity index (χ3v) is 3.94. The molecule has 0 aliphatic heterocycles. The van der Waals surface area contributed by atoms with Crippen LogP contribution in [0, 0.1) is 5.82 Å². The molecule has 0 saturated heterocycles. The van der Waals surface area contributed by atoms with Gasteiger partial charge in [0.1, 0.15) is 11.3 Å². The third-order valence-electron chi connectivity index (χ3n) is 2.93. The lowest BCUT2D eigenvalue weighted by molar-refractivity contribution is 0.488. The number of oxazole rings is 1. The van der Waals surface area contributed by atoms with Gasteiger partial charge in [-0.05, 0) is 48.5 Å². The normalized spacial score (nSPS) is 11.1. The molecular formula is C15H13FN2OS. The molecule has 1 aromatic heterocycles. The Balaban J connectivity index is 1.97. The van der Waals surface area contributed by atoms with Crippen molar-refractivity contribution in [1.82, 2.24) is 4.98 Å². The van der Waals surface area contributed by atoms with Crippen molar-refractivity contribution in [3.05, 3.63) is 53.8 Å². The molecule has 0 unspecified atom stereocenters. The number of aromatic nitrogens is 1. The fraction of sp³-hybridized carbons (Fsp3) is 0.133. The second-order valence-corrected chi connectivity index (χ2v) is 5.28. The topological polar surface area (TPSA) is 52.0 Å². The molecule has 0 fully saturated rings. The van der Waals surface area contributed by atoms with Crippen molar-refractivity contribution >= 4 is 22.9 Å². The number of hydrogen-bond donors (Lipinski definition) is 1. The summed E-state index contributed by atoms with van der Waals surface area (Å²) in [6, 6.07) is 12.5. The molecule has 3 aromatic rings. The lowest BCUT2D eigenvalue weighted by Crippen LogP contribution is -2.04. The van der Waals surface area contributed by atoms with Crippen LogP contribution in [0.15, 0.2) is 57.0 Å². The highest BCUT2D eigenvalue weighted by molar-refractivity contribution is 7.99. The van der Waals surface area contributed by atoms with Crippen LogP contribution in [0.5, 0.6) is 0 Å². The number of halogens is 1. The van der Waals surface area contributed by atoms with Gasteiger partial charge in [0.2, 0.25) is 0 Å². The zero-order chi connectivity index (χ0) is 13.9. The van der Waals surface area contributed by atoms with E-state index >= 15 is 0 Å². The maximum Gasteiger partial charge on any atom is 0.261 e. The number of fused-ring (bicyclic) bond motifs is 1. The van der Waals surface area contributed by atoms with Crippen molar-refractivity contribution in [2.75, 3.05) is 6.54 Å². The van der Waals surface area contributed by atoms with Gasteiger partial charge in [-0.1, -0.05) is 24.3 Å². The van der Waals surface area contributed by atoms with Gasteiger partial charge in [0.15, 0.2) is 5.58 Å². The summed E-state index contributed by atoms with van der Waals surface area (Å²) >= 11 is 1.20. The van der Waals surface area contributed by atoms with Crippen LogP contribution >= 0.6 is 11.8 Å². The number of nitrogens with two attached hydrogens (primary N) is 1. The van der Waals surface area contributed by atoms with Crippen molar-refractivity contribution < 1.29 is 8.81 Å². The van der Waals surface area contributed by atoms with Gasteiger partial charge >= 0.3 is 0 Å². The fourth-order valence-corrected chi connectivity index (χ4v) is 2.92. The van der Waals surface area contributed by atoms with E-state index in [9.17, 15) is 4.39 Å². The van der Waals surface area contributed by atoms with Crippen LogP contribution < -0.4 is 5.73 Å². The molecule has 0 spiro atoms. The Morgan fingerprint density at radius 1 is 1.15 bits per heavy atom. The predicted molar refractivity (Wildman–Crippen MR) is 77.3 cm³/mol. The summed E-state index contributed by atoms with van der Waals surface area (Å²) in [6.07, 6.45) is 0.625. The van der Waals surface area contributed by atoms with Crippen molar-refractivity contribution in [3.8, 4) is 0 Å². The van der Waals surface area contributed by atoms with Crippen LogP contribution in [0.1, 0.15) is 5.56 Å². The summed E-state index contributed by atoms with van der Waals surface area (Å²) in [5.74, 6) is -0.275. The first-order valence-electron chi connectivity index (χ1n) is 6.29. The molecule has 3 nitrogen and oxygen atoms in total. The molecule has 2 aromatic carbocycles. The zero-order valence-electron chi connectivity index (χ0n) is 10.7. The molecule has 5 heteroatoms. The minimum atomic E-state index is -0.275. The molecule has 0 aliphatic carbocycles. The standard InChI is InChI=1S/C15H13FN2OS/c16-11-5-3-4-10(8-9-17)14(11)20-15-18-12-6-1-2-7-13(12)19-15/h1-7H,8-9,17H2. The fourth-order valence-electron chi connectivity index (χ4n) is 2.00. The maximum atomic E-state index is 14.0. The van der Waals surface area contributed by atoms with Crippen molar-refractivity contribution in [2.24, 2.45) is 5.73 Å². The van der Waals surface area contributed by atoms with E-state index in [1.165, 1.54) is 17.8 Å². The van der Waals surface area contributed by atoms with E-state index in [0.717, 1.165) is 11.1 Å². The Morgan fingerprint density at radius 2 is 2.00 bits per heavy atom. The first kappa shape index (κ1) is 13.1. The summed E-state index contributed by atoms with van der Waals surface area (Å²) in [4.78, 5) is 4.88. The molecule has 0 bridgehead atoms. The molecule has 0 saturated carbocycles. The van der Waals surface area contributed by atoms with E-state index in [0.29, 0.717) is 28.7 Å². The first-order valence-corrected chi connectivity index (χ1v) is 7.10. The molecular weight excluding hydrogens is 275 g/mol. The monoisotopic (exact) mass is 288 g/mol. The van der Waals surface area contributed by atoms with Gasteiger partial charge in [-0.2, -0.15) is 0 Å². The summed E-state index contributed by atoms with van der Waals surface area (Å²) in [5.41, 5.74) is 7.91.